The summed E-state index contributed by atoms with van der Waals surface area (Å²) in [7, 11) is 1.53. The maximum absolute atomic E-state index is 13.3. The molecule has 100 valence electrons. The SMILES string of the molecule is CN(C(=O)c1cc(N)cc(F)c1)c1ccccc1C#N. The van der Waals surface area contributed by atoms with Crippen molar-refractivity contribution in [1.82, 2.24) is 0 Å². The van der Waals surface area contributed by atoms with Gasteiger partial charge >= 0.3 is 0 Å². The van der Waals surface area contributed by atoms with Crippen LogP contribution in [0.25, 0.3) is 0 Å². The number of anilines is 2. The molecular weight excluding hydrogens is 257 g/mol. The number of hydrogen-bond donors (Lipinski definition) is 1. The van der Waals surface area contributed by atoms with Gasteiger partial charge in [-0.2, -0.15) is 5.26 Å². The lowest BCUT2D eigenvalue weighted by Crippen LogP contribution is -2.27. The summed E-state index contributed by atoms with van der Waals surface area (Å²) in [5, 5.41) is 9.04. The topological polar surface area (TPSA) is 70.1 Å². The first kappa shape index (κ1) is 13.6. The summed E-state index contributed by atoms with van der Waals surface area (Å²) in [6.07, 6.45) is 0. The van der Waals surface area contributed by atoms with Gasteiger partial charge in [0.15, 0.2) is 0 Å². The van der Waals surface area contributed by atoms with Crippen LogP contribution in [0.1, 0.15) is 15.9 Å². The quantitative estimate of drug-likeness (QED) is 0.852. The van der Waals surface area contributed by atoms with Crippen LogP contribution in [0.5, 0.6) is 0 Å². The van der Waals surface area contributed by atoms with Gasteiger partial charge in [0.05, 0.1) is 11.3 Å². The Morgan fingerprint density at radius 2 is 2.00 bits per heavy atom. The van der Waals surface area contributed by atoms with Crippen molar-refractivity contribution in [3.8, 4) is 6.07 Å². The maximum atomic E-state index is 13.3. The van der Waals surface area contributed by atoms with E-state index in [4.69, 9.17) is 11.0 Å². The monoisotopic (exact) mass is 269 g/mol. The van der Waals surface area contributed by atoms with E-state index in [1.165, 1.54) is 18.0 Å². The number of nitrogens with two attached hydrogens (primary N) is 1. The number of nitrogens with zero attached hydrogens (tertiary/aromatic N) is 2. The van der Waals surface area contributed by atoms with Crippen LogP contribution < -0.4 is 10.6 Å². The van der Waals surface area contributed by atoms with Gasteiger partial charge in [0.1, 0.15) is 11.9 Å². The molecule has 0 radical (unpaired) electrons. The number of nitriles is 1. The normalized spacial score (nSPS) is 9.85. The highest BCUT2D eigenvalue weighted by molar-refractivity contribution is 6.06. The minimum Gasteiger partial charge on any atom is -0.399 e. The Labute approximate surface area is 115 Å². The molecule has 0 unspecified atom stereocenters. The van der Waals surface area contributed by atoms with E-state index in [0.29, 0.717) is 11.3 Å². The van der Waals surface area contributed by atoms with Crippen LogP contribution >= 0.6 is 0 Å². The molecule has 0 aromatic heterocycles. The summed E-state index contributed by atoms with van der Waals surface area (Å²) in [5.74, 6) is -1.01. The zero-order valence-electron chi connectivity index (χ0n) is 10.8. The Morgan fingerprint density at radius 1 is 1.30 bits per heavy atom. The minimum atomic E-state index is -0.574. The predicted molar refractivity (Wildman–Crippen MR) is 74.7 cm³/mol. The Balaban J connectivity index is 2.40. The van der Waals surface area contributed by atoms with Crippen molar-refractivity contribution in [1.29, 1.82) is 5.26 Å². The van der Waals surface area contributed by atoms with Crippen molar-refractivity contribution in [2.75, 3.05) is 17.7 Å². The first-order valence-electron chi connectivity index (χ1n) is 5.86. The minimum absolute atomic E-state index is 0.137. The van der Waals surface area contributed by atoms with E-state index in [2.05, 4.69) is 0 Å². The zero-order chi connectivity index (χ0) is 14.7. The van der Waals surface area contributed by atoms with E-state index >= 15 is 0 Å². The van der Waals surface area contributed by atoms with Crippen molar-refractivity contribution in [3.63, 3.8) is 0 Å². The molecule has 0 bridgehead atoms. The van der Waals surface area contributed by atoms with E-state index < -0.39 is 11.7 Å². The highest BCUT2D eigenvalue weighted by Gasteiger charge is 2.17. The molecule has 4 nitrogen and oxygen atoms in total. The van der Waals surface area contributed by atoms with Crippen LogP contribution in [0.2, 0.25) is 0 Å². The maximum Gasteiger partial charge on any atom is 0.258 e. The Hall–Kier alpha value is -2.87. The second-order valence-corrected chi connectivity index (χ2v) is 4.27. The number of para-hydroxylation sites is 1. The van der Waals surface area contributed by atoms with Crippen LogP contribution in [0.4, 0.5) is 15.8 Å². The highest BCUT2D eigenvalue weighted by Crippen LogP contribution is 2.21. The van der Waals surface area contributed by atoms with Crippen molar-refractivity contribution < 1.29 is 9.18 Å². The summed E-state index contributed by atoms with van der Waals surface area (Å²) in [6, 6.07) is 12.4. The molecule has 1 amide bonds. The average Bonchev–Trinajstić information content (AvgIpc) is 2.44. The van der Waals surface area contributed by atoms with Gasteiger partial charge in [0.25, 0.3) is 5.91 Å². The predicted octanol–water partition coefficient (Wildman–Crippen LogP) is 2.56. The summed E-state index contributed by atoms with van der Waals surface area (Å²) >= 11 is 0. The fraction of sp³-hybridized carbons (Fsp3) is 0.0667. The van der Waals surface area contributed by atoms with E-state index in [9.17, 15) is 9.18 Å². The van der Waals surface area contributed by atoms with Gasteiger partial charge in [0, 0.05) is 18.3 Å². The van der Waals surface area contributed by atoms with Gasteiger partial charge in [-0.3, -0.25) is 4.79 Å². The van der Waals surface area contributed by atoms with Crippen molar-refractivity contribution in [3.05, 3.63) is 59.4 Å². The van der Waals surface area contributed by atoms with Crippen LogP contribution in [0, 0.1) is 17.1 Å². The molecule has 0 aliphatic carbocycles. The van der Waals surface area contributed by atoms with Crippen LogP contribution in [-0.2, 0) is 0 Å². The molecule has 2 aromatic carbocycles. The van der Waals surface area contributed by atoms with Crippen LogP contribution in [-0.4, -0.2) is 13.0 Å². The number of benzene rings is 2. The average molecular weight is 269 g/mol. The molecule has 2 rings (SSSR count). The lowest BCUT2D eigenvalue weighted by molar-refractivity contribution is 0.0992. The molecule has 0 spiro atoms. The summed E-state index contributed by atoms with van der Waals surface area (Å²) in [5.41, 5.74) is 6.67. The van der Waals surface area contributed by atoms with Crippen LogP contribution in [0.3, 0.4) is 0 Å². The van der Waals surface area contributed by atoms with Crippen LogP contribution in [0.15, 0.2) is 42.5 Å². The highest BCUT2D eigenvalue weighted by atomic mass is 19.1. The van der Waals surface area contributed by atoms with Gasteiger partial charge in [-0.1, -0.05) is 12.1 Å². The number of hydrogen-bond acceptors (Lipinski definition) is 3. The number of rotatable bonds is 2. The molecule has 0 aliphatic rings. The lowest BCUT2D eigenvalue weighted by atomic mass is 10.1. The molecule has 2 aromatic rings. The molecule has 5 heteroatoms. The lowest BCUT2D eigenvalue weighted by Gasteiger charge is -2.18. The molecule has 0 atom stereocenters. The van der Waals surface area contributed by atoms with Gasteiger partial charge in [0.2, 0.25) is 0 Å². The smallest absolute Gasteiger partial charge is 0.258 e. The Morgan fingerprint density at radius 3 is 2.65 bits per heavy atom. The molecule has 0 saturated heterocycles. The molecule has 2 N–H and O–H groups in total. The third kappa shape index (κ3) is 2.59. The van der Waals surface area contributed by atoms with Crippen molar-refractivity contribution in [2.24, 2.45) is 0 Å². The zero-order valence-corrected chi connectivity index (χ0v) is 10.8. The summed E-state index contributed by atoms with van der Waals surface area (Å²) in [6.45, 7) is 0. The molecule has 20 heavy (non-hydrogen) atoms. The molecule has 0 fully saturated rings. The molecule has 0 saturated carbocycles. The Kier molecular flexibility index (Phi) is 3.67. The second-order valence-electron chi connectivity index (χ2n) is 4.27. The molecule has 0 aliphatic heterocycles. The van der Waals surface area contributed by atoms with Crippen molar-refractivity contribution >= 4 is 17.3 Å². The standard InChI is InChI=1S/C15H12FN3O/c1-19(14-5-3-2-4-10(14)9-17)15(20)11-6-12(16)8-13(18)7-11/h2-8H,18H2,1H3. The second kappa shape index (κ2) is 5.41. The summed E-state index contributed by atoms with van der Waals surface area (Å²) < 4.78 is 13.3. The first-order valence-corrected chi connectivity index (χ1v) is 5.86. The first-order chi connectivity index (χ1) is 9.52. The number of carbonyl (C=O) groups excluding carboxylic acids is 1. The van der Waals surface area contributed by atoms with E-state index in [0.717, 1.165) is 12.1 Å². The number of carbonyl (C=O) groups is 1. The molecule has 0 heterocycles. The fourth-order valence-electron chi connectivity index (χ4n) is 1.90. The van der Waals surface area contributed by atoms with E-state index in [1.54, 1.807) is 24.3 Å². The molecular formula is C15H12FN3O. The van der Waals surface area contributed by atoms with E-state index in [-0.39, 0.29) is 11.3 Å². The van der Waals surface area contributed by atoms with Crippen molar-refractivity contribution in [2.45, 2.75) is 0 Å². The number of amides is 1. The van der Waals surface area contributed by atoms with Gasteiger partial charge in [-0.25, -0.2) is 4.39 Å². The number of halogens is 1. The van der Waals surface area contributed by atoms with Gasteiger partial charge in [-0.15, -0.1) is 0 Å². The van der Waals surface area contributed by atoms with Gasteiger partial charge in [-0.05, 0) is 30.3 Å². The van der Waals surface area contributed by atoms with Gasteiger partial charge < -0.3 is 10.6 Å². The Bertz CT molecular complexity index is 686. The third-order valence-electron chi connectivity index (χ3n) is 2.86. The largest absolute Gasteiger partial charge is 0.399 e. The fourth-order valence-corrected chi connectivity index (χ4v) is 1.90. The number of nitrogen functional groups attached to an aromatic ring is 1. The van der Waals surface area contributed by atoms with E-state index in [1.807, 2.05) is 6.07 Å². The summed E-state index contributed by atoms with van der Waals surface area (Å²) in [4.78, 5) is 13.6. The third-order valence-corrected chi connectivity index (χ3v) is 2.86.